The van der Waals surface area contributed by atoms with E-state index in [-0.39, 0.29) is 0 Å². The van der Waals surface area contributed by atoms with Crippen LogP contribution >= 0.6 is 22.9 Å². The van der Waals surface area contributed by atoms with Crippen molar-refractivity contribution < 1.29 is 4.42 Å². The summed E-state index contributed by atoms with van der Waals surface area (Å²) in [6, 6.07) is 1.96. The molecule has 3 nitrogen and oxygen atoms in total. The molecule has 0 saturated carbocycles. The van der Waals surface area contributed by atoms with Crippen LogP contribution in [0, 0.1) is 6.92 Å². The van der Waals surface area contributed by atoms with E-state index in [2.05, 4.69) is 10.3 Å². The molecule has 0 bridgehead atoms. The van der Waals surface area contributed by atoms with Crippen molar-refractivity contribution >= 4 is 22.9 Å². The van der Waals surface area contributed by atoms with E-state index in [1.54, 1.807) is 17.5 Å². The first-order chi connectivity index (χ1) is 7.24. The van der Waals surface area contributed by atoms with E-state index in [4.69, 9.17) is 16.0 Å². The van der Waals surface area contributed by atoms with Gasteiger partial charge in [-0.05, 0) is 13.0 Å². The fourth-order valence-electron chi connectivity index (χ4n) is 1.22. The van der Waals surface area contributed by atoms with Gasteiger partial charge < -0.3 is 9.73 Å². The number of aryl methyl sites for hydroxylation is 1. The fraction of sp³-hybridized carbons (Fsp3) is 0.300. The molecule has 0 aliphatic heterocycles. The summed E-state index contributed by atoms with van der Waals surface area (Å²) in [6.07, 6.45) is 1.72. The Balaban J connectivity index is 1.80. The lowest BCUT2D eigenvalue weighted by Gasteiger charge is -1.98. The first-order valence-corrected chi connectivity index (χ1v) is 5.85. The number of nitrogens with one attached hydrogen (secondary N) is 1. The molecule has 0 aromatic carbocycles. The summed E-state index contributed by atoms with van der Waals surface area (Å²) >= 11 is 7.46. The Morgan fingerprint density at radius 2 is 2.40 bits per heavy atom. The van der Waals surface area contributed by atoms with E-state index < -0.39 is 0 Å². The van der Waals surface area contributed by atoms with Crippen LogP contribution in [0.2, 0.25) is 5.02 Å². The molecular weight excluding hydrogens is 232 g/mol. The van der Waals surface area contributed by atoms with Crippen molar-refractivity contribution in [1.29, 1.82) is 0 Å². The van der Waals surface area contributed by atoms with Crippen LogP contribution in [0.4, 0.5) is 0 Å². The SMILES string of the molecule is Cc1cnc(CNCc2cc(Cl)cs2)o1. The van der Waals surface area contributed by atoms with E-state index in [0.29, 0.717) is 6.54 Å². The Morgan fingerprint density at radius 1 is 1.53 bits per heavy atom. The maximum Gasteiger partial charge on any atom is 0.208 e. The summed E-state index contributed by atoms with van der Waals surface area (Å²) < 4.78 is 5.33. The molecule has 2 heterocycles. The molecule has 0 aliphatic rings. The molecule has 0 saturated heterocycles. The highest BCUT2D eigenvalue weighted by Gasteiger charge is 2.01. The number of hydrogen-bond donors (Lipinski definition) is 1. The Kier molecular flexibility index (Phi) is 3.41. The van der Waals surface area contributed by atoms with Crippen LogP contribution in [0.15, 0.2) is 22.1 Å². The third-order valence-corrected chi connectivity index (χ3v) is 3.15. The van der Waals surface area contributed by atoms with Gasteiger partial charge in [0.2, 0.25) is 5.89 Å². The summed E-state index contributed by atoms with van der Waals surface area (Å²) in [7, 11) is 0. The van der Waals surface area contributed by atoms with Gasteiger partial charge in [-0.1, -0.05) is 11.6 Å². The van der Waals surface area contributed by atoms with Crippen LogP contribution in [-0.4, -0.2) is 4.98 Å². The molecule has 2 rings (SSSR count). The van der Waals surface area contributed by atoms with Gasteiger partial charge in [0.15, 0.2) is 0 Å². The van der Waals surface area contributed by atoms with Crippen molar-refractivity contribution in [2.24, 2.45) is 0 Å². The molecule has 2 aromatic heterocycles. The van der Waals surface area contributed by atoms with E-state index in [9.17, 15) is 0 Å². The van der Waals surface area contributed by atoms with Crippen LogP contribution in [-0.2, 0) is 13.1 Å². The van der Waals surface area contributed by atoms with Gasteiger partial charge in [-0.15, -0.1) is 11.3 Å². The highest BCUT2D eigenvalue weighted by molar-refractivity contribution is 7.10. The predicted molar refractivity (Wildman–Crippen MR) is 61.1 cm³/mol. The maximum atomic E-state index is 5.81. The standard InChI is InChI=1S/C10H11ClN2OS/c1-7-3-13-10(14-7)5-12-4-9-2-8(11)6-15-9/h2-3,6,12H,4-5H2,1H3. The van der Waals surface area contributed by atoms with Crippen molar-refractivity contribution in [3.05, 3.63) is 39.2 Å². The van der Waals surface area contributed by atoms with E-state index >= 15 is 0 Å². The lowest BCUT2D eigenvalue weighted by Crippen LogP contribution is -2.11. The average Bonchev–Trinajstić information content (AvgIpc) is 2.76. The highest BCUT2D eigenvalue weighted by Crippen LogP contribution is 2.18. The van der Waals surface area contributed by atoms with E-state index in [1.165, 1.54) is 4.88 Å². The largest absolute Gasteiger partial charge is 0.445 e. The molecule has 0 amide bonds. The molecule has 15 heavy (non-hydrogen) atoms. The van der Waals surface area contributed by atoms with Crippen LogP contribution in [0.25, 0.3) is 0 Å². The van der Waals surface area contributed by atoms with Crippen molar-refractivity contribution in [1.82, 2.24) is 10.3 Å². The minimum atomic E-state index is 0.642. The zero-order valence-corrected chi connectivity index (χ0v) is 9.86. The van der Waals surface area contributed by atoms with E-state index in [0.717, 1.165) is 23.2 Å². The molecular formula is C10H11ClN2OS. The number of rotatable bonds is 4. The summed E-state index contributed by atoms with van der Waals surface area (Å²) in [5, 5.41) is 5.96. The van der Waals surface area contributed by atoms with Gasteiger partial charge in [0, 0.05) is 16.8 Å². The summed E-state index contributed by atoms with van der Waals surface area (Å²) in [4.78, 5) is 5.31. The topological polar surface area (TPSA) is 38.1 Å². The van der Waals surface area contributed by atoms with Crippen LogP contribution in [0.3, 0.4) is 0 Å². The lowest BCUT2D eigenvalue weighted by molar-refractivity contribution is 0.449. The molecule has 0 atom stereocenters. The molecule has 0 fully saturated rings. The van der Waals surface area contributed by atoms with Gasteiger partial charge in [-0.25, -0.2) is 4.98 Å². The fourth-order valence-corrected chi connectivity index (χ4v) is 2.26. The zero-order valence-electron chi connectivity index (χ0n) is 8.29. The van der Waals surface area contributed by atoms with Gasteiger partial charge >= 0.3 is 0 Å². The molecule has 80 valence electrons. The number of aromatic nitrogens is 1. The van der Waals surface area contributed by atoms with Crippen molar-refractivity contribution in [2.75, 3.05) is 0 Å². The minimum absolute atomic E-state index is 0.642. The van der Waals surface area contributed by atoms with Crippen LogP contribution in [0.1, 0.15) is 16.5 Å². The number of oxazole rings is 1. The average molecular weight is 243 g/mol. The monoisotopic (exact) mass is 242 g/mol. The van der Waals surface area contributed by atoms with Gasteiger partial charge in [0.25, 0.3) is 0 Å². The minimum Gasteiger partial charge on any atom is -0.445 e. The third-order valence-electron chi connectivity index (χ3n) is 1.87. The number of nitrogens with zero attached hydrogens (tertiary/aromatic N) is 1. The van der Waals surface area contributed by atoms with Gasteiger partial charge in [0.05, 0.1) is 17.8 Å². The smallest absolute Gasteiger partial charge is 0.208 e. The molecule has 0 radical (unpaired) electrons. The Bertz CT molecular complexity index is 398. The van der Waals surface area contributed by atoms with Gasteiger partial charge in [-0.3, -0.25) is 0 Å². The molecule has 0 aliphatic carbocycles. The number of hydrogen-bond acceptors (Lipinski definition) is 4. The number of thiophene rings is 1. The predicted octanol–water partition coefficient (Wildman–Crippen LogP) is 2.99. The Hall–Kier alpha value is -0.840. The summed E-state index contributed by atoms with van der Waals surface area (Å²) in [5.74, 6) is 1.56. The van der Waals surface area contributed by atoms with Crippen molar-refractivity contribution in [3.8, 4) is 0 Å². The Labute approximate surface area is 97.1 Å². The molecule has 2 aromatic rings. The first-order valence-electron chi connectivity index (χ1n) is 4.59. The Morgan fingerprint density at radius 3 is 3.00 bits per heavy atom. The highest BCUT2D eigenvalue weighted by atomic mass is 35.5. The second-order valence-electron chi connectivity index (χ2n) is 3.20. The van der Waals surface area contributed by atoms with Crippen LogP contribution in [0.5, 0.6) is 0 Å². The molecule has 0 spiro atoms. The third kappa shape index (κ3) is 3.06. The van der Waals surface area contributed by atoms with Crippen LogP contribution < -0.4 is 5.32 Å². The maximum absolute atomic E-state index is 5.81. The van der Waals surface area contributed by atoms with E-state index in [1.807, 2.05) is 18.4 Å². The summed E-state index contributed by atoms with van der Waals surface area (Å²) in [5.41, 5.74) is 0. The second kappa shape index (κ2) is 4.79. The quantitative estimate of drug-likeness (QED) is 0.896. The number of halogens is 1. The molecule has 1 N–H and O–H groups in total. The second-order valence-corrected chi connectivity index (χ2v) is 4.63. The molecule has 5 heteroatoms. The summed E-state index contributed by atoms with van der Waals surface area (Å²) in [6.45, 7) is 3.32. The normalized spacial score (nSPS) is 10.8. The van der Waals surface area contributed by atoms with Gasteiger partial charge in [0.1, 0.15) is 5.76 Å². The van der Waals surface area contributed by atoms with Crippen molar-refractivity contribution in [2.45, 2.75) is 20.0 Å². The van der Waals surface area contributed by atoms with Crippen molar-refractivity contribution in [3.63, 3.8) is 0 Å². The van der Waals surface area contributed by atoms with Gasteiger partial charge in [-0.2, -0.15) is 0 Å². The lowest BCUT2D eigenvalue weighted by atomic mass is 10.4. The molecule has 0 unspecified atom stereocenters. The first kappa shape index (κ1) is 10.7. The zero-order chi connectivity index (χ0) is 10.7.